The van der Waals surface area contributed by atoms with Gasteiger partial charge in [-0.05, 0) is 37.4 Å². The highest BCUT2D eigenvalue weighted by Gasteiger charge is 2.43. The summed E-state index contributed by atoms with van der Waals surface area (Å²) in [5, 5.41) is 9.27. The molecule has 0 saturated heterocycles. The van der Waals surface area contributed by atoms with E-state index in [1.54, 1.807) is 0 Å². The molecule has 0 bridgehead atoms. The maximum atomic E-state index is 11.1. The molecule has 0 heterocycles. The van der Waals surface area contributed by atoms with Crippen molar-refractivity contribution in [2.75, 3.05) is 0 Å². The van der Waals surface area contributed by atoms with Crippen LogP contribution in [0, 0.1) is 5.92 Å². The number of hydrogen-bond donors (Lipinski definition) is 1. The minimum atomic E-state index is -1.82. The van der Waals surface area contributed by atoms with Crippen molar-refractivity contribution in [1.82, 2.24) is 0 Å². The topological polar surface area (TPSA) is 46.5 Å². The second-order valence-electron chi connectivity index (χ2n) is 6.29. The van der Waals surface area contributed by atoms with Gasteiger partial charge in [-0.2, -0.15) is 0 Å². The molecular weight excluding hydrogens is 220 g/mol. The lowest BCUT2D eigenvalue weighted by molar-refractivity contribution is -0.144. The van der Waals surface area contributed by atoms with Crippen LogP contribution >= 0.6 is 0 Å². The molecule has 0 spiro atoms. The maximum absolute atomic E-state index is 11.1. The summed E-state index contributed by atoms with van der Waals surface area (Å²) in [5.74, 6) is -0.977. The number of carbonyl (C=O) groups is 1. The van der Waals surface area contributed by atoms with Gasteiger partial charge >= 0.3 is 5.97 Å². The highest BCUT2D eigenvalue weighted by atomic mass is 28.4. The van der Waals surface area contributed by atoms with E-state index in [9.17, 15) is 4.79 Å². The van der Waals surface area contributed by atoms with E-state index in [1.165, 1.54) is 0 Å². The third kappa shape index (κ3) is 2.86. The van der Waals surface area contributed by atoms with Gasteiger partial charge in [0.1, 0.15) is 0 Å². The van der Waals surface area contributed by atoms with Gasteiger partial charge in [-0.15, -0.1) is 0 Å². The van der Waals surface area contributed by atoms with Crippen LogP contribution in [-0.2, 0) is 9.22 Å². The maximum Gasteiger partial charge on any atom is 0.309 e. The molecule has 0 aromatic heterocycles. The first-order valence-electron chi connectivity index (χ1n) is 6.06. The van der Waals surface area contributed by atoms with Crippen LogP contribution in [0.25, 0.3) is 0 Å². The van der Waals surface area contributed by atoms with Gasteiger partial charge in [-0.1, -0.05) is 20.8 Å². The molecule has 1 aliphatic carbocycles. The Balaban J connectivity index is 2.70. The van der Waals surface area contributed by atoms with Crippen LogP contribution < -0.4 is 0 Å². The molecule has 2 atom stereocenters. The first-order valence-corrected chi connectivity index (χ1v) is 8.96. The van der Waals surface area contributed by atoms with E-state index in [-0.39, 0.29) is 17.1 Å². The Morgan fingerprint density at radius 1 is 1.31 bits per heavy atom. The average molecular weight is 244 g/mol. The fourth-order valence-corrected chi connectivity index (χ4v) is 3.30. The standard InChI is InChI=1S/C12H24O3Si/c1-12(2,3)16(4,5)15-10-8-6-7-9(10)11(13)14/h9-10H,6-8H2,1-5H3,(H,13,14)/t9-,10-/m1/s1. The van der Waals surface area contributed by atoms with Gasteiger partial charge in [-0.25, -0.2) is 0 Å². The summed E-state index contributed by atoms with van der Waals surface area (Å²) >= 11 is 0. The first kappa shape index (κ1) is 13.7. The highest BCUT2D eigenvalue weighted by Crippen LogP contribution is 2.40. The Morgan fingerprint density at radius 2 is 1.88 bits per heavy atom. The molecule has 0 aromatic carbocycles. The van der Waals surface area contributed by atoms with E-state index in [0.717, 1.165) is 19.3 Å². The molecule has 1 saturated carbocycles. The van der Waals surface area contributed by atoms with Gasteiger partial charge < -0.3 is 9.53 Å². The number of carboxylic acids is 1. The van der Waals surface area contributed by atoms with Crippen LogP contribution in [0.5, 0.6) is 0 Å². The highest BCUT2D eigenvalue weighted by molar-refractivity contribution is 6.74. The van der Waals surface area contributed by atoms with Crippen molar-refractivity contribution in [1.29, 1.82) is 0 Å². The molecular formula is C12H24O3Si. The predicted molar refractivity (Wildman–Crippen MR) is 67.0 cm³/mol. The van der Waals surface area contributed by atoms with E-state index in [2.05, 4.69) is 33.9 Å². The van der Waals surface area contributed by atoms with Crippen molar-refractivity contribution < 1.29 is 14.3 Å². The smallest absolute Gasteiger partial charge is 0.309 e. The molecule has 0 aliphatic heterocycles. The Bertz CT molecular complexity index is 268. The van der Waals surface area contributed by atoms with Crippen LogP contribution in [-0.4, -0.2) is 25.5 Å². The molecule has 1 aliphatic rings. The van der Waals surface area contributed by atoms with Crippen LogP contribution in [0.4, 0.5) is 0 Å². The van der Waals surface area contributed by atoms with Crippen molar-refractivity contribution in [3.63, 3.8) is 0 Å². The number of hydrogen-bond acceptors (Lipinski definition) is 2. The van der Waals surface area contributed by atoms with Crippen LogP contribution in [0.1, 0.15) is 40.0 Å². The van der Waals surface area contributed by atoms with Crippen molar-refractivity contribution in [2.24, 2.45) is 5.92 Å². The van der Waals surface area contributed by atoms with Gasteiger partial charge in [0.05, 0.1) is 12.0 Å². The SMILES string of the molecule is CC(C)(C)[Si](C)(C)O[C@@H]1CCC[C@H]1C(=O)O. The largest absolute Gasteiger partial charge is 0.481 e. The number of aliphatic carboxylic acids is 1. The van der Waals surface area contributed by atoms with E-state index in [0.29, 0.717) is 0 Å². The summed E-state index contributed by atoms with van der Waals surface area (Å²) < 4.78 is 6.20. The third-order valence-electron chi connectivity index (χ3n) is 4.02. The zero-order valence-electron chi connectivity index (χ0n) is 11.0. The van der Waals surface area contributed by atoms with Crippen molar-refractivity contribution >= 4 is 14.3 Å². The average Bonchev–Trinajstić information content (AvgIpc) is 2.49. The lowest BCUT2D eigenvalue weighted by Crippen LogP contribution is -2.45. The second-order valence-corrected chi connectivity index (χ2v) is 11.0. The van der Waals surface area contributed by atoms with Gasteiger partial charge in [0.25, 0.3) is 0 Å². The lowest BCUT2D eigenvalue weighted by atomic mass is 10.1. The molecule has 1 rings (SSSR count). The predicted octanol–water partition coefficient (Wildman–Crippen LogP) is 3.26. The molecule has 94 valence electrons. The molecule has 0 radical (unpaired) electrons. The zero-order chi connectivity index (χ0) is 12.6. The molecule has 1 N–H and O–H groups in total. The van der Waals surface area contributed by atoms with E-state index in [1.807, 2.05) is 0 Å². The van der Waals surface area contributed by atoms with E-state index < -0.39 is 14.3 Å². The van der Waals surface area contributed by atoms with E-state index >= 15 is 0 Å². The molecule has 3 nitrogen and oxygen atoms in total. The van der Waals surface area contributed by atoms with Crippen LogP contribution in [0.2, 0.25) is 18.1 Å². The fourth-order valence-electron chi connectivity index (χ4n) is 1.90. The first-order chi connectivity index (χ1) is 7.15. The molecule has 0 amide bonds. The Kier molecular flexibility index (Phi) is 3.85. The van der Waals surface area contributed by atoms with Gasteiger partial charge in [0, 0.05) is 0 Å². The summed E-state index contributed by atoms with van der Waals surface area (Å²) in [4.78, 5) is 11.1. The summed E-state index contributed by atoms with van der Waals surface area (Å²) in [5.41, 5.74) is 0. The number of rotatable bonds is 3. The quantitative estimate of drug-likeness (QED) is 0.775. The summed E-state index contributed by atoms with van der Waals surface area (Å²) in [7, 11) is -1.82. The van der Waals surface area contributed by atoms with Gasteiger partial charge in [-0.3, -0.25) is 4.79 Å². The van der Waals surface area contributed by atoms with Gasteiger partial charge in [0.15, 0.2) is 8.32 Å². The molecule has 4 heteroatoms. The Labute approximate surface area is 99.3 Å². The normalized spacial score (nSPS) is 27.1. The van der Waals surface area contributed by atoms with Crippen molar-refractivity contribution in [3.05, 3.63) is 0 Å². The molecule has 0 aromatic rings. The monoisotopic (exact) mass is 244 g/mol. The second kappa shape index (κ2) is 4.49. The minimum absolute atomic E-state index is 0.0570. The number of carboxylic acid groups (broad SMARTS) is 1. The molecule has 1 fully saturated rings. The Hall–Kier alpha value is -0.353. The van der Waals surface area contributed by atoms with Crippen LogP contribution in [0.3, 0.4) is 0 Å². The summed E-state index contributed by atoms with van der Waals surface area (Å²) in [6.45, 7) is 10.9. The summed E-state index contributed by atoms with van der Waals surface area (Å²) in [6, 6.07) is 0. The zero-order valence-corrected chi connectivity index (χ0v) is 12.0. The molecule has 0 unspecified atom stereocenters. The minimum Gasteiger partial charge on any atom is -0.481 e. The van der Waals surface area contributed by atoms with Crippen LogP contribution in [0.15, 0.2) is 0 Å². The van der Waals surface area contributed by atoms with Gasteiger partial charge in [0.2, 0.25) is 0 Å². The Morgan fingerprint density at radius 3 is 2.31 bits per heavy atom. The van der Waals surface area contributed by atoms with Crippen molar-refractivity contribution in [3.8, 4) is 0 Å². The summed E-state index contributed by atoms with van der Waals surface area (Å²) in [6.07, 6.45) is 2.60. The third-order valence-corrected chi connectivity index (χ3v) is 8.53. The van der Waals surface area contributed by atoms with E-state index in [4.69, 9.17) is 9.53 Å². The molecule has 16 heavy (non-hydrogen) atoms. The fraction of sp³-hybridized carbons (Fsp3) is 0.917. The lowest BCUT2D eigenvalue weighted by Gasteiger charge is -2.39. The van der Waals surface area contributed by atoms with Crippen molar-refractivity contribution in [2.45, 2.75) is 64.3 Å².